The fraction of sp³-hybridized carbons (Fsp3) is 0.231. The van der Waals surface area contributed by atoms with E-state index in [1.54, 1.807) is 42.8 Å². The van der Waals surface area contributed by atoms with Crippen LogP contribution in [-0.4, -0.2) is 34.4 Å². The number of pyridine rings is 1. The monoisotopic (exact) mass is 469 g/mol. The van der Waals surface area contributed by atoms with Crippen LogP contribution < -0.4 is 10.9 Å². The maximum absolute atomic E-state index is 13.2. The van der Waals surface area contributed by atoms with Crippen LogP contribution in [0.1, 0.15) is 30.9 Å². The molecule has 0 saturated heterocycles. The summed E-state index contributed by atoms with van der Waals surface area (Å²) in [5, 5.41) is 16.4. The maximum Gasteiger partial charge on any atom is 0.278 e. The van der Waals surface area contributed by atoms with E-state index >= 15 is 0 Å². The van der Waals surface area contributed by atoms with Gasteiger partial charge in [0.05, 0.1) is 12.2 Å². The Hall–Kier alpha value is -4.24. The molecule has 0 aliphatic heterocycles. The lowest BCUT2D eigenvalue weighted by atomic mass is 10.1. The zero-order chi connectivity index (χ0) is 24.9. The van der Waals surface area contributed by atoms with Gasteiger partial charge in [-0.3, -0.25) is 4.79 Å². The number of nitrogens with zero attached hydrogens (tertiary/aromatic N) is 5. The number of aliphatic hydroxyl groups is 1. The van der Waals surface area contributed by atoms with E-state index in [1.165, 1.54) is 10.9 Å². The number of aromatic nitrogens is 6. The molecule has 0 fully saturated rings. The number of allylic oxidation sites excluding steroid dienone is 1. The predicted molar refractivity (Wildman–Crippen MR) is 137 cm³/mol. The topological polar surface area (TPSA) is 114 Å². The molecular weight excluding hydrogens is 442 g/mol. The highest BCUT2D eigenvalue weighted by atomic mass is 16.3. The summed E-state index contributed by atoms with van der Waals surface area (Å²) < 4.78 is 3.15. The molecule has 9 heteroatoms. The number of benzene rings is 1. The minimum atomic E-state index is -1.14. The number of fused-ring (bicyclic) bond motifs is 2. The number of H-pyrrole nitrogens is 1. The van der Waals surface area contributed by atoms with Crippen LogP contribution in [0.5, 0.6) is 0 Å². The third-order valence-electron chi connectivity index (χ3n) is 6.01. The first-order chi connectivity index (χ1) is 16.7. The second-order valence-corrected chi connectivity index (χ2v) is 9.12. The first-order valence-corrected chi connectivity index (χ1v) is 11.3. The van der Waals surface area contributed by atoms with Crippen LogP contribution in [-0.2, 0) is 12.1 Å². The van der Waals surface area contributed by atoms with Gasteiger partial charge < -0.3 is 15.4 Å². The Kier molecular flexibility index (Phi) is 5.29. The minimum absolute atomic E-state index is 0.248. The number of aromatic amines is 1. The molecule has 0 unspecified atom stereocenters. The zero-order valence-electron chi connectivity index (χ0n) is 20.1. The largest absolute Gasteiger partial charge is 0.384 e. The summed E-state index contributed by atoms with van der Waals surface area (Å²) in [5.74, 6) is 0.813. The van der Waals surface area contributed by atoms with Gasteiger partial charge in [0.2, 0.25) is 5.95 Å². The molecule has 0 radical (unpaired) electrons. The van der Waals surface area contributed by atoms with Gasteiger partial charge in [0.1, 0.15) is 11.0 Å². The van der Waals surface area contributed by atoms with Crippen molar-refractivity contribution in [2.24, 2.45) is 0 Å². The molecule has 1 aromatic carbocycles. The number of hydrogen-bond donors (Lipinski definition) is 3. The van der Waals surface area contributed by atoms with Crippen molar-refractivity contribution in [1.29, 1.82) is 0 Å². The summed E-state index contributed by atoms with van der Waals surface area (Å²) >= 11 is 0. The van der Waals surface area contributed by atoms with Crippen LogP contribution >= 0.6 is 0 Å². The van der Waals surface area contributed by atoms with E-state index in [2.05, 4.69) is 37.9 Å². The van der Waals surface area contributed by atoms with Gasteiger partial charge in [-0.1, -0.05) is 18.2 Å². The van der Waals surface area contributed by atoms with Gasteiger partial charge in [-0.25, -0.2) is 19.3 Å². The van der Waals surface area contributed by atoms with E-state index in [0.29, 0.717) is 28.5 Å². The van der Waals surface area contributed by atoms with E-state index in [9.17, 15) is 9.90 Å². The zero-order valence-corrected chi connectivity index (χ0v) is 20.1. The molecule has 4 heterocycles. The van der Waals surface area contributed by atoms with Crippen molar-refractivity contribution in [2.75, 3.05) is 5.32 Å². The van der Waals surface area contributed by atoms with Crippen molar-refractivity contribution in [1.82, 2.24) is 29.3 Å². The quantitative estimate of drug-likeness (QED) is 0.321. The molecule has 178 valence electrons. The summed E-state index contributed by atoms with van der Waals surface area (Å²) in [5.41, 5.74) is 2.54. The van der Waals surface area contributed by atoms with E-state index in [4.69, 9.17) is 0 Å². The van der Waals surface area contributed by atoms with E-state index < -0.39 is 5.60 Å². The van der Waals surface area contributed by atoms with Crippen LogP contribution in [0.4, 0.5) is 11.6 Å². The van der Waals surface area contributed by atoms with Gasteiger partial charge >= 0.3 is 0 Å². The molecule has 4 aromatic heterocycles. The summed E-state index contributed by atoms with van der Waals surface area (Å²) in [7, 11) is 0. The van der Waals surface area contributed by atoms with Crippen molar-refractivity contribution in [3.63, 3.8) is 0 Å². The molecule has 0 bridgehead atoms. The predicted octanol–water partition coefficient (Wildman–Crippen LogP) is 4.23. The van der Waals surface area contributed by atoms with Gasteiger partial charge in [0.15, 0.2) is 11.5 Å². The van der Waals surface area contributed by atoms with Crippen molar-refractivity contribution in [2.45, 2.75) is 39.8 Å². The van der Waals surface area contributed by atoms with E-state index in [-0.39, 0.29) is 12.1 Å². The summed E-state index contributed by atoms with van der Waals surface area (Å²) in [6.45, 7) is 11.5. The molecule has 0 saturated carbocycles. The number of aryl methyl sites for hydroxylation is 2. The lowest BCUT2D eigenvalue weighted by Gasteiger charge is -2.18. The number of nitrogens with one attached hydrogen (secondary N) is 2. The lowest BCUT2D eigenvalue weighted by molar-refractivity contribution is 0.0738. The molecule has 3 N–H and O–H groups in total. The highest BCUT2D eigenvalue weighted by Crippen LogP contribution is 2.27. The third-order valence-corrected chi connectivity index (χ3v) is 6.01. The van der Waals surface area contributed by atoms with Crippen LogP contribution in [0, 0.1) is 13.8 Å². The van der Waals surface area contributed by atoms with Gasteiger partial charge in [-0.05, 0) is 52.0 Å². The molecule has 5 rings (SSSR count). The third kappa shape index (κ3) is 3.89. The molecule has 9 nitrogen and oxygen atoms in total. The molecular formula is C26H27N7O2. The van der Waals surface area contributed by atoms with Crippen LogP contribution in [0.25, 0.3) is 27.6 Å². The average molecular weight is 470 g/mol. The van der Waals surface area contributed by atoms with Gasteiger partial charge in [-0.15, -0.1) is 6.58 Å². The van der Waals surface area contributed by atoms with E-state index in [1.807, 2.05) is 26.0 Å². The van der Waals surface area contributed by atoms with Crippen molar-refractivity contribution in [3.8, 4) is 5.82 Å². The average Bonchev–Trinajstić information content (AvgIpc) is 3.26. The summed E-state index contributed by atoms with van der Waals surface area (Å²) in [6, 6.07) is 11.4. The molecule has 5 aromatic rings. The van der Waals surface area contributed by atoms with Gasteiger partial charge in [0.25, 0.3) is 5.56 Å². The van der Waals surface area contributed by atoms with Crippen molar-refractivity contribution < 1.29 is 5.11 Å². The lowest BCUT2D eigenvalue weighted by Crippen LogP contribution is -2.23. The fourth-order valence-electron chi connectivity index (χ4n) is 4.29. The highest BCUT2D eigenvalue weighted by molar-refractivity contribution is 5.91. The summed E-state index contributed by atoms with van der Waals surface area (Å²) in [6.07, 6.45) is 3.16. The number of hydrogen-bond acceptors (Lipinski definition) is 6. The van der Waals surface area contributed by atoms with Crippen LogP contribution in [0.3, 0.4) is 0 Å². The molecule has 0 spiro atoms. The maximum atomic E-state index is 13.2. The van der Waals surface area contributed by atoms with Crippen molar-refractivity contribution >= 4 is 33.4 Å². The Bertz CT molecular complexity index is 1650. The van der Waals surface area contributed by atoms with Crippen LogP contribution in [0.2, 0.25) is 0 Å². The summed E-state index contributed by atoms with van der Waals surface area (Å²) in [4.78, 5) is 30.2. The number of anilines is 2. The Morgan fingerprint density at radius 2 is 1.89 bits per heavy atom. The minimum Gasteiger partial charge on any atom is -0.384 e. The first-order valence-electron chi connectivity index (χ1n) is 11.3. The number of rotatable bonds is 6. The van der Waals surface area contributed by atoms with Gasteiger partial charge in [0, 0.05) is 34.0 Å². The molecule has 35 heavy (non-hydrogen) atoms. The fourth-order valence-corrected chi connectivity index (χ4v) is 4.29. The van der Waals surface area contributed by atoms with Gasteiger partial charge in [-0.2, -0.15) is 4.98 Å². The SMILES string of the molecule is C=CCn1c(=O)c2cnc(Nc3ccc4c(C)[nH]c(C)c4c3)nc2n1-c1cccc(C(C)(C)O)n1. The Labute approximate surface area is 201 Å². The molecule has 0 amide bonds. The smallest absolute Gasteiger partial charge is 0.278 e. The van der Waals surface area contributed by atoms with E-state index in [0.717, 1.165) is 27.8 Å². The second kappa shape index (κ2) is 8.21. The van der Waals surface area contributed by atoms with Crippen molar-refractivity contribution in [3.05, 3.63) is 82.7 Å². The molecule has 0 aliphatic rings. The highest BCUT2D eigenvalue weighted by Gasteiger charge is 2.21. The Balaban J connectivity index is 1.65. The Morgan fingerprint density at radius 1 is 1.11 bits per heavy atom. The first kappa shape index (κ1) is 22.5. The Morgan fingerprint density at radius 3 is 2.63 bits per heavy atom. The normalized spacial score (nSPS) is 11.9. The second-order valence-electron chi connectivity index (χ2n) is 9.12. The van der Waals surface area contributed by atoms with Crippen LogP contribution in [0.15, 0.2) is 60.0 Å². The molecule has 0 atom stereocenters. The standard InChI is InChI=1S/C26H27N7O2/c1-6-12-32-24(34)20-14-27-25(29-17-10-11-18-15(2)28-16(3)19(18)13-17)31-23(20)33(32)22-9-7-8-21(30-22)26(4,5)35/h6-11,13-14,28,35H,1,12H2,2-5H3,(H,27,29,31). The molecule has 0 aliphatic carbocycles.